The maximum atomic E-state index is 12.6. The summed E-state index contributed by atoms with van der Waals surface area (Å²) in [5.41, 5.74) is 0.639. The number of esters is 1. The molecule has 0 fully saturated rings. The van der Waals surface area contributed by atoms with Crippen LogP contribution in [0.4, 0.5) is 13.2 Å². The Bertz CT molecular complexity index is 673. The zero-order valence-corrected chi connectivity index (χ0v) is 13.0. The Morgan fingerprint density at radius 3 is 2.57 bits per heavy atom. The number of methoxy groups -OCH3 is 1. The van der Waals surface area contributed by atoms with Gasteiger partial charge >= 0.3 is 12.3 Å². The van der Waals surface area contributed by atoms with Crippen molar-refractivity contribution in [1.29, 1.82) is 0 Å². The Labute approximate surface area is 135 Å². The quantitative estimate of drug-likeness (QED) is 0.648. The minimum absolute atomic E-state index is 0.119. The van der Waals surface area contributed by atoms with Crippen molar-refractivity contribution in [3.05, 3.63) is 41.1 Å². The topological polar surface area (TPSA) is 59.6 Å². The number of carbonyl (C=O) groups is 1. The monoisotopic (exact) mass is 346 g/mol. The van der Waals surface area contributed by atoms with Gasteiger partial charge in [0.1, 0.15) is 5.75 Å². The van der Waals surface area contributed by atoms with Crippen molar-refractivity contribution in [2.75, 3.05) is 7.11 Å². The number of thiocarbonyl (C=S) groups is 1. The first-order valence-electron chi connectivity index (χ1n) is 6.44. The number of allylic oxidation sites excluding steroid dienone is 1. The summed E-state index contributed by atoms with van der Waals surface area (Å²) in [5.74, 6) is -1.10. The molecule has 23 heavy (non-hydrogen) atoms. The summed E-state index contributed by atoms with van der Waals surface area (Å²) in [4.78, 5) is 12.0. The SMILES string of the molecule is COC(=O)C1=C(C)NC(=S)N[C@H]1c1ccccc1OC(F)(F)F. The highest BCUT2D eigenvalue weighted by Crippen LogP contribution is 2.35. The molecule has 0 unspecified atom stereocenters. The van der Waals surface area contributed by atoms with Gasteiger partial charge in [-0.25, -0.2) is 4.79 Å². The minimum Gasteiger partial charge on any atom is -0.466 e. The zero-order chi connectivity index (χ0) is 17.2. The number of halogens is 3. The molecule has 9 heteroatoms. The maximum absolute atomic E-state index is 12.6. The van der Waals surface area contributed by atoms with E-state index in [1.807, 2.05) is 0 Å². The lowest BCUT2D eigenvalue weighted by Crippen LogP contribution is -2.45. The van der Waals surface area contributed by atoms with Crippen LogP contribution in [-0.4, -0.2) is 24.6 Å². The van der Waals surface area contributed by atoms with E-state index in [1.165, 1.54) is 31.4 Å². The van der Waals surface area contributed by atoms with Crippen LogP contribution >= 0.6 is 12.2 Å². The second-order valence-electron chi connectivity index (χ2n) is 4.65. The molecule has 1 aromatic rings. The highest BCUT2D eigenvalue weighted by atomic mass is 32.1. The molecule has 0 bridgehead atoms. The molecule has 1 aromatic carbocycles. The Hall–Kier alpha value is -2.29. The first kappa shape index (κ1) is 17.1. The molecule has 0 spiro atoms. The number of hydrogen-bond acceptors (Lipinski definition) is 4. The van der Waals surface area contributed by atoms with E-state index in [1.54, 1.807) is 6.92 Å². The highest BCUT2D eigenvalue weighted by Gasteiger charge is 2.36. The molecule has 0 saturated carbocycles. The fraction of sp³-hybridized carbons (Fsp3) is 0.286. The number of ether oxygens (including phenoxy) is 2. The minimum atomic E-state index is -4.85. The molecule has 1 aliphatic rings. The number of rotatable bonds is 3. The van der Waals surface area contributed by atoms with Crippen molar-refractivity contribution < 1.29 is 27.4 Å². The van der Waals surface area contributed by atoms with Gasteiger partial charge in [0, 0.05) is 11.3 Å². The summed E-state index contributed by atoms with van der Waals surface area (Å²) in [6.45, 7) is 1.58. The normalized spacial score (nSPS) is 18.1. The predicted molar refractivity (Wildman–Crippen MR) is 79.5 cm³/mol. The third-order valence-corrected chi connectivity index (χ3v) is 3.35. The second kappa shape index (κ2) is 6.45. The molecule has 1 atom stereocenters. The first-order valence-corrected chi connectivity index (χ1v) is 6.85. The van der Waals surface area contributed by atoms with E-state index < -0.39 is 24.1 Å². The lowest BCUT2D eigenvalue weighted by Gasteiger charge is -2.30. The van der Waals surface area contributed by atoms with Gasteiger partial charge in [-0.1, -0.05) is 18.2 Å². The van der Waals surface area contributed by atoms with Crippen LogP contribution in [0.3, 0.4) is 0 Å². The van der Waals surface area contributed by atoms with Crippen LogP contribution in [0.5, 0.6) is 5.75 Å². The molecule has 0 amide bonds. The average molecular weight is 346 g/mol. The molecule has 1 aliphatic heterocycles. The largest absolute Gasteiger partial charge is 0.573 e. The maximum Gasteiger partial charge on any atom is 0.573 e. The second-order valence-corrected chi connectivity index (χ2v) is 5.06. The van der Waals surface area contributed by atoms with Crippen molar-refractivity contribution in [1.82, 2.24) is 10.6 Å². The number of benzene rings is 1. The van der Waals surface area contributed by atoms with E-state index in [-0.39, 0.29) is 16.2 Å². The van der Waals surface area contributed by atoms with Crippen LogP contribution in [0.15, 0.2) is 35.5 Å². The molecule has 5 nitrogen and oxygen atoms in total. The molecule has 0 aromatic heterocycles. The van der Waals surface area contributed by atoms with Crippen molar-refractivity contribution >= 4 is 23.3 Å². The third kappa shape index (κ3) is 3.92. The van der Waals surface area contributed by atoms with Gasteiger partial charge in [0.2, 0.25) is 0 Å². The van der Waals surface area contributed by atoms with E-state index in [0.29, 0.717) is 5.70 Å². The molecule has 0 saturated heterocycles. The van der Waals surface area contributed by atoms with Gasteiger partial charge in [0.25, 0.3) is 0 Å². The zero-order valence-electron chi connectivity index (χ0n) is 12.2. The van der Waals surface area contributed by atoms with E-state index in [0.717, 1.165) is 0 Å². The van der Waals surface area contributed by atoms with E-state index in [9.17, 15) is 18.0 Å². The van der Waals surface area contributed by atoms with Crippen molar-refractivity contribution in [2.24, 2.45) is 0 Å². The number of carbonyl (C=O) groups excluding carboxylic acids is 1. The van der Waals surface area contributed by atoms with Crippen LogP contribution in [0, 0.1) is 0 Å². The molecule has 1 heterocycles. The van der Waals surface area contributed by atoms with E-state index in [2.05, 4.69) is 15.4 Å². The van der Waals surface area contributed by atoms with E-state index >= 15 is 0 Å². The number of nitrogens with one attached hydrogen (secondary N) is 2. The summed E-state index contributed by atoms with van der Waals surface area (Å²) in [5, 5.41) is 5.70. The fourth-order valence-corrected chi connectivity index (χ4v) is 2.52. The lowest BCUT2D eigenvalue weighted by molar-refractivity contribution is -0.274. The van der Waals surface area contributed by atoms with Crippen LogP contribution in [-0.2, 0) is 9.53 Å². The van der Waals surface area contributed by atoms with E-state index in [4.69, 9.17) is 17.0 Å². The van der Waals surface area contributed by atoms with Gasteiger partial charge in [-0.15, -0.1) is 13.2 Å². The van der Waals surface area contributed by atoms with Crippen LogP contribution < -0.4 is 15.4 Å². The summed E-state index contributed by atoms with van der Waals surface area (Å²) >= 11 is 5.02. The third-order valence-electron chi connectivity index (χ3n) is 3.13. The van der Waals surface area contributed by atoms with Crippen molar-refractivity contribution in [3.8, 4) is 5.75 Å². The van der Waals surface area contributed by atoms with Crippen molar-refractivity contribution in [3.63, 3.8) is 0 Å². The Morgan fingerprint density at radius 1 is 1.30 bits per heavy atom. The highest BCUT2D eigenvalue weighted by molar-refractivity contribution is 7.80. The Balaban J connectivity index is 2.52. The smallest absolute Gasteiger partial charge is 0.466 e. The van der Waals surface area contributed by atoms with Gasteiger partial charge < -0.3 is 20.1 Å². The number of para-hydroxylation sites is 1. The summed E-state index contributed by atoms with van der Waals surface area (Å²) in [7, 11) is 1.19. The molecule has 0 radical (unpaired) electrons. The Kier molecular flexibility index (Phi) is 4.79. The van der Waals surface area contributed by atoms with Gasteiger partial charge in [-0.05, 0) is 25.2 Å². The fourth-order valence-electron chi connectivity index (χ4n) is 2.24. The van der Waals surface area contributed by atoms with Gasteiger partial charge in [0.15, 0.2) is 5.11 Å². The molecular weight excluding hydrogens is 333 g/mol. The average Bonchev–Trinajstić information content (AvgIpc) is 2.44. The van der Waals surface area contributed by atoms with Crippen LogP contribution in [0.2, 0.25) is 0 Å². The predicted octanol–water partition coefficient (Wildman–Crippen LogP) is 2.55. The summed E-state index contributed by atoms with van der Waals surface area (Å²) in [6, 6.07) is 4.60. The van der Waals surface area contributed by atoms with Gasteiger partial charge in [-0.3, -0.25) is 0 Å². The molecule has 124 valence electrons. The molecule has 2 N–H and O–H groups in total. The number of alkyl halides is 3. The molecular formula is C14H13F3N2O3S. The molecule has 2 rings (SSSR count). The van der Waals surface area contributed by atoms with Gasteiger partial charge in [0.05, 0.1) is 18.7 Å². The van der Waals surface area contributed by atoms with Crippen LogP contribution in [0.1, 0.15) is 18.5 Å². The standard InChI is InChI=1S/C14H13F3N2O3S/c1-7-10(12(20)21-2)11(19-13(23)18-7)8-5-3-4-6-9(8)22-14(15,16)17/h3-6,11H,1-2H3,(H2,18,19,23)/t11-/m0/s1. The lowest BCUT2D eigenvalue weighted by atomic mass is 9.95. The first-order chi connectivity index (χ1) is 10.7. The number of hydrogen-bond donors (Lipinski definition) is 2. The van der Waals surface area contributed by atoms with Gasteiger partial charge in [-0.2, -0.15) is 0 Å². The summed E-state index contributed by atoms with van der Waals surface area (Å²) < 4.78 is 46.5. The summed E-state index contributed by atoms with van der Waals surface area (Å²) in [6.07, 6.45) is -4.85. The Morgan fingerprint density at radius 2 is 1.96 bits per heavy atom. The molecule has 0 aliphatic carbocycles. The van der Waals surface area contributed by atoms with Crippen molar-refractivity contribution in [2.45, 2.75) is 19.3 Å². The van der Waals surface area contributed by atoms with Crippen LogP contribution in [0.25, 0.3) is 0 Å².